The van der Waals surface area contributed by atoms with Crippen molar-refractivity contribution in [3.63, 3.8) is 0 Å². The van der Waals surface area contributed by atoms with Crippen LogP contribution in [0.2, 0.25) is 0 Å². The smallest absolute Gasteiger partial charge is 0.223 e. The Morgan fingerprint density at radius 3 is 2.58 bits per heavy atom. The number of ketones is 1. The third-order valence-electron chi connectivity index (χ3n) is 4.77. The molecule has 1 amide bonds. The Balaban J connectivity index is 0.00000338. The van der Waals surface area contributed by atoms with E-state index in [-0.39, 0.29) is 43.0 Å². The molecule has 2 unspecified atom stereocenters. The second kappa shape index (κ2) is 11.2. The molecular weight excluding hydrogens is 352 g/mol. The first-order chi connectivity index (χ1) is 12.0. The van der Waals surface area contributed by atoms with Crippen LogP contribution in [0.15, 0.2) is 24.3 Å². The molecule has 0 saturated carbocycles. The molecule has 1 aromatic carbocycles. The predicted molar refractivity (Wildman–Crippen MR) is 106 cm³/mol. The van der Waals surface area contributed by atoms with Crippen LogP contribution in [-0.2, 0) is 4.79 Å². The zero-order valence-corrected chi connectivity index (χ0v) is 16.6. The van der Waals surface area contributed by atoms with Crippen LogP contribution in [0, 0.1) is 5.92 Å². The summed E-state index contributed by atoms with van der Waals surface area (Å²) in [6.07, 6.45) is 3.52. The second-order valence-electron chi connectivity index (χ2n) is 6.90. The first-order valence-electron chi connectivity index (χ1n) is 9.30. The molecule has 1 aromatic rings. The molecule has 1 heterocycles. The van der Waals surface area contributed by atoms with Crippen molar-refractivity contribution in [3.8, 4) is 5.75 Å². The largest absolute Gasteiger partial charge is 0.494 e. The van der Waals surface area contributed by atoms with Gasteiger partial charge in [0.05, 0.1) is 6.61 Å². The van der Waals surface area contributed by atoms with Crippen LogP contribution in [0.4, 0.5) is 0 Å². The van der Waals surface area contributed by atoms with E-state index in [0.29, 0.717) is 24.6 Å². The minimum atomic E-state index is -0.00357. The van der Waals surface area contributed by atoms with E-state index in [1.54, 1.807) is 12.1 Å². The van der Waals surface area contributed by atoms with Gasteiger partial charge in [-0.2, -0.15) is 0 Å². The predicted octanol–water partition coefficient (Wildman–Crippen LogP) is 3.45. The molecule has 146 valence electrons. The van der Waals surface area contributed by atoms with Crippen molar-refractivity contribution in [2.24, 2.45) is 11.7 Å². The molecule has 2 N–H and O–H groups in total. The zero-order valence-electron chi connectivity index (χ0n) is 15.8. The summed E-state index contributed by atoms with van der Waals surface area (Å²) in [6, 6.07) is 7.26. The number of Topliss-reactive ketones (excluding diaryl/α,β-unsaturated/α-hetero) is 1. The molecule has 1 aliphatic heterocycles. The SMILES string of the molecule is CCCOc1ccc(C(=O)CCC(=O)N2CCCC(C(C)N)C2)cc1.Cl. The molecule has 6 heteroatoms. The fourth-order valence-corrected chi connectivity index (χ4v) is 3.15. The molecule has 2 atom stereocenters. The molecule has 2 rings (SSSR count). The zero-order chi connectivity index (χ0) is 18.2. The van der Waals surface area contributed by atoms with Crippen LogP contribution < -0.4 is 10.5 Å². The summed E-state index contributed by atoms with van der Waals surface area (Å²) in [5.41, 5.74) is 6.60. The number of ether oxygens (including phenoxy) is 1. The number of likely N-dealkylation sites (tertiary alicyclic amines) is 1. The number of nitrogens with two attached hydrogens (primary N) is 1. The Bertz CT molecular complexity index is 575. The van der Waals surface area contributed by atoms with E-state index in [2.05, 4.69) is 0 Å². The highest BCUT2D eigenvalue weighted by molar-refractivity contribution is 5.98. The first kappa shape index (κ1) is 22.5. The molecule has 5 nitrogen and oxygen atoms in total. The molecule has 1 saturated heterocycles. The maximum atomic E-state index is 12.4. The van der Waals surface area contributed by atoms with Crippen molar-refractivity contribution in [1.29, 1.82) is 0 Å². The van der Waals surface area contributed by atoms with Crippen molar-refractivity contribution >= 4 is 24.1 Å². The van der Waals surface area contributed by atoms with E-state index in [9.17, 15) is 9.59 Å². The van der Waals surface area contributed by atoms with Crippen LogP contribution in [0.1, 0.15) is 56.3 Å². The monoisotopic (exact) mass is 382 g/mol. The molecular formula is C20H31ClN2O3. The first-order valence-corrected chi connectivity index (χ1v) is 9.30. The number of piperidine rings is 1. The molecule has 0 spiro atoms. The summed E-state index contributed by atoms with van der Waals surface area (Å²) < 4.78 is 5.51. The summed E-state index contributed by atoms with van der Waals surface area (Å²) >= 11 is 0. The van der Waals surface area contributed by atoms with Gasteiger partial charge in [0.15, 0.2) is 5.78 Å². The lowest BCUT2D eigenvalue weighted by molar-refractivity contribution is -0.133. The van der Waals surface area contributed by atoms with E-state index in [1.165, 1.54) is 0 Å². The average molecular weight is 383 g/mol. The summed E-state index contributed by atoms with van der Waals surface area (Å²) in [7, 11) is 0. The number of hydrogen-bond donors (Lipinski definition) is 1. The normalized spacial score (nSPS) is 18.0. The number of nitrogens with zero attached hydrogens (tertiary/aromatic N) is 1. The second-order valence-corrected chi connectivity index (χ2v) is 6.90. The summed E-state index contributed by atoms with van der Waals surface area (Å²) in [6.45, 7) is 6.21. The average Bonchev–Trinajstić information content (AvgIpc) is 2.64. The number of carbonyl (C=O) groups is 2. The van der Waals surface area contributed by atoms with Gasteiger partial charge in [-0.1, -0.05) is 6.92 Å². The minimum Gasteiger partial charge on any atom is -0.494 e. The van der Waals surface area contributed by atoms with E-state index >= 15 is 0 Å². The van der Waals surface area contributed by atoms with Crippen molar-refractivity contribution in [2.75, 3.05) is 19.7 Å². The number of benzene rings is 1. The van der Waals surface area contributed by atoms with Gasteiger partial charge in [0.25, 0.3) is 0 Å². The van der Waals surface area contributed by atoms with Crippen molar-refractivity contribution in [1.82, 2.24) is 4.90 Å². The van der Waals surface area contributed by atoms with Gasteiger partial charge in [0, 0.05) is 37.5 Å². The van der Waals surface area contributed by atoms with Gasteiger partial charge in [-0.3, -0.25) is 9.59 Å². The summed E-state index contributed by atoms with van der Waals surface area (Å²) in [5, 5.41) is 0. The van der Waals surface area contributed by atoms with Gasteiger partial charge < -0.3 is 15.4 Å². The third kappa shape index (κ3) is 6.61. The lowest BCUT2D eigenvalue weighted by atomic mass is 9.92. The van der Waals surface area contributed by atoms with Crippen LogP contribution in [-0.4, -0.2) is 42.3 Å². The van der Waals surface area contributed by atoms with Gasteiger partial charge in [-0.05, 0) is 56.4 Å². The number of amides is 1. The van der Waals surface area contributed by atoms with Crippen LogP contribution in [0.5, 0.6) is 5.75 Å². The summed E-state index contributed by atoms with van der Waals surface area (Å²) in [5.74, 6) is 1.19. The van der Waals surface area contributed by atoms with E-state index in [0.717, 1.165) is 31.6 Å². The fraction of sp³-hybridized carbons (Fsp3) is 0.600. The lowest BCUT2D eigenvalue weighted by Gasteiger charge is -2.34. The highest BCUT2D eigenvalue weighted by atomic mass is 35.5. The fourth-order valence-electron chi connectivity index (χ4n) is 3.15. The van der Waals surface area contributed by atoms with Gasteiger partial charge >= 0.3 is 0 Å². The molecule has 0 bridgehead atoms. The molecule has 1 fully saturated rings. The standard InChI is InChI=1S/C20H30N2O3.ClH/c1-3-13-25-18-8-6-16(7-9-18)19(23)10-11-20(24)22-12-4-5-17(14-22)15(2)21;/h6-9,15,17H,3-5,10-14,21H2,1-2H3;1H. The Morgan fingerprint density at radius 2 is 1.96 bits per heavy atom. The van der Waals surface area contributed by atoms with Gasteiger partial charge in [-0.25, -0.2) is 0 Å². The lowest BCUT2D eigenvalue weighted by Crippen LogP contribution is -2.45. The highest BCUT2D eigenvalue weighted by Gasteiger charge is 2.25. The highest BCUT2D eigenvalue weighted by Crippen LogP contribution is 2.20. The maximum Gasteiger partial charge on any atom is 0.223 e. The Hall–Kier alpha value is -1.59. The molecule has 0 aliphatic carbocycles. The number of hydrogen-bond acceptors (Lipinski definition) is 4. The molecule has 1 aliphatic rings. The number of carbonyl (C=O) groups excluding carboxylic acids is 2. The molecule has 0 radical (unpaired) electrons. The van der Waals surface area contributed by atoms with Gasteiger partial charge in [-0.15, -0.1) is 12.4 Å². The van der Waals surface area contributed by atoms with E-state index < -0.39 is 0 Å². The van der Waals surface area contributed by atoms with Crippen molar-refractivity contribution in [3.05, 3.63) is 29.8 Å². The Morgan fingerprint density at radius 1 is 1.27 bits per heavy atom. The number of rotatable bonds is 8. The molecule has 26 heavy (non-hydrogen) atoms. The van der Waals surface area contributed by atoms with Crippen LogP contribution >= 0.6 is 12.4 Å². The quantitative estimate of drug-likeness (QED) is 0.699. The number of halogens is 1. The summed E-state index contributed by atoms with van der Waals surface area (Å²) in [4.78, 5) is 26.6. The topological polar surface area (TPSA) is 72.6 Å². The van der Waals surface area contributed by atoms with Crippen LogP contribution in [0.25, 0.3) is 0 Å². The Labute approximate surface area is 162 Å². The van der Waals surface area contributed by atoms with Crippen molar-refractivity contribution < 1.29 is 14.3 Å². The maximum absolute atomic E-state index is 12.4. The van der Waals surface area contributed by atoms with E-state index in [4.69, 9.17) is 10.5 Å². The van der Waals surface area contributed by atoms with E-state index in [1.807, 2.05) is 30.9 Å². The molecule has 0 aromatic heterocycles. The van der Waals surface area contributed by atoms with Gasteiger partial charge in [0.2, 0.25) is 5.91 Å². The minimum absolute atomic E-state index is 0. The Kier molecular flexibility index (Phi) is 9.66. The van der Waals surface area contributed by atoms with Crippen LogP contribution in [0.3, 0.4) is 0 Å². The third-order valence-corrected chi connectivity index (χ3v) is 4.77. The van der Waals surface area contributed by atoms with Crippen molar-refractivity contribution in [2.45, 2.75) is 52.0 Å². The van der Waals surface area contributed by atoms with Gasteiger partial charge in [0.1, 0.15) is 5.75 Å².